The van der Waals surface area contributed by atoms with Crippen LogP contribution in [0.25, 0.3) is 11.5 Å². The zero-order valence-corrected chi connectivity index (χ0v) is 15.2. The highest BCUT2D eigenvalue weighted by Gasteiger charge is 2.10. The predicted molar refractivity (Wildman–Crippen MR) is 101 cm³/mol. The van der Waals surface area contributed by atoms with Crippen LogP contribution in [0, 0.1) is 5.82 Å². The number of aromatic nitrogens is 1. The molecule has 0 radical (unpaired) electrons. The monoisotopic (exact) mass is 368 g/mol. The zero-order chi connectivity index (χ0) is 19.2. The van der Waals surface area contributed by atoms with E-state index < -0.39 is 5.82 Å². The summed E-state index contributed by atoms with van der Waals surface area (Å²) in [7, 11) is 0. The van der Waals surface area contributed by atoms with Crippen LogP contribution in [-0.4, -0.2) is 17.5 Å². The number of carbonyl (C=O) groups excluding carboxylic acids is 1. The lowest BCUT2D eigenvalue weighted by molar-refractivity contribution is -0.116. The summed E-state index contributed by atoms with van der Waals surface area (Å²) in [6.45, 7) is 4.18. The zero-order valence-electron chi connectivity index (χ0n) is 15.2. The quantitative estimate of drug-likeness (QED) is 0.636. The summed E-state index contributed by atoms with van der Waals surface area (Å²) >= 11 is 0. The molecule has 0 aliphatic rings. The first-order valence-electron chi connectivity index (χ1n) is 8.76. The fourth-order valence-electron chi connectivity index (χ4n) is 2.42. The highest BCUT2D eigenvalue weighted by molar-refractivity contribution is 5.91. The van der Waals surface area contributed by atoms with Gasteiger partial charge >= 0.3 is 0 Å². The Kier molecular flexibility index (Phi) is 5.86. The van der Waals surface area contributed by atoms with E-state index in [-0.39, 0.29) is 30.6 Å². The molecule has 6 heteroatoms. The first kappa shape index (κ1) is 18.6. The SMILES string of the molecule is CC(C)c1cnc(-c2ccc(NC(=O)CCOc3ccccc3F)cc2)o1. The van der Waals surface area contributed by atoms with Crippen LogP contribution in [0.1, 0.15) is 31.9 Å². The fourth-order valence-corrected chi connectivity index (χ4v) is 2.42. The maximum Gasteiger partial charge on any atom is 0.227 e. The van der Waals surface area contributed by atoms with Crippen molar-refractivity contribution in [3.05, 3.63) is 66.3 Å². The lowest BCUT2D eigenvalue weighted by Crippen LogP contribution is -2.15. The maximum absolute atomic E-state index is 13.4. The van der Waals surface area contributed by atoms with Crippen LogP contribution in [0.15, 0.2) is 59.1 Å². The molecule has 0 aliphatic heterocycles. The summed E-state index contributed by atoms with van der Waals surface area (Å²) in [6.07, 6.45) is 1.85. The first-order valence-corrected chi connectivity index (χ1v) is 8.76. The third kappa shape index (κ3) is 4.94. The number of amides is 1. The summed E-state index contributed by atoms with van der Waals surface area (Å²) in [5.74, 6) is 1.14. The van der Waals surface area contributed by atoms with Gasteiger partial charge in [0.05, 0.1) is 19.2 Å². The minimum atomic E-state index is -0.444. The Morgan fingerprint density at radius 1 is 1.19 bits per heavy atom. The highest BCUT2D eigenvalue weighted by atomic mass is 19.1. The van der Waals surface area contributed by atoms with Crippen LogP contribution in [0.5, 0.6) is 5.75 Å². The molecule has 0 fully saturated rings. The molecule has 1 N–H and O–H groups in total. The minimum absolute atomic E-state index is 0.0964. The smallest absolute Gasteiger partial charge is 0.227 e. The number of hydrogen-bond acceptors (Lipinski definition) is 4. The lowest BCUT2D eigenvalue weighted by atomic mass is 10.2. The van der Waals surface area contributed by atoms with E-state index in [4.69, 9.17) is 9.15 Å². The van der Waals surface area contributed by atoms with Gasteiger partial charge in [-0.2, -0.15) is 0 Å². The summed E-state index contributed by atoms with van der Waals surface area (Å²) in [5.41, 5.74) is 1.49. The van der Waals surface area contributed by atoms with Gasteiger partial charge in [0.2, 0.25) is 11.8 Å². The van der Waals surface area contributed by atoms with E-state index in [1.54, 1.807) is 30.5 Å². The summed E-state index contributed by atoms with van der Waals surface area (Å²) in [6, 6.07) is 13.3. The van der Waals surface area contributed by atoms with E-state index in [0.717, 1.165) is 11.3 Å². The minimum Gasteiger partial charge on any atom is -0.490 e. The van der Waals surface area contributed by atoms with Gasteiger partial charge in [0.1, 0.15) is 5.76 Å². The largest absolute Gasteiger partial charge is 0.490 e. The number of nitrogens with one attached hydrogen (secondary N) is 1. The fraction of sp³-hybridized carbons (Fsp3) is 0.238. The van der Waals surface area contributed by atoms with Crippen molar-refractivity contribution >= 4 is 11.6 Å². The Bertz CT molecular complexity index is 904. The molecule has 0 saturated heterocycles. The van der Waals surface area contributed by atoms with Crippen LogP contribution in [-0.2, 0) is 4.79 Å². The van der Waals surface area contributed by atoms with Gasteiger partial charge in [-0.05, 0) is 36.4 Å². The Balaban J connectivity index is 1.51. The van der Waals surface area contributed by atoms with E-state index in [9.17, 15) is 9.18 Å². The van der Waals surface area contributed by atoms with E-state index in [0.29, 0.717) is 11.6 Å². The van der Waals surface area contributed by atoms with Gasteiger partial charge in [0.25, 0.3) is 0 Å². The molecule has 3 aromatic rings. The number of ether oxygens (including phenoxy) is 1. The molecule has 0 saturated carbocycles. The molecule has 1 aromatic heterocycles. The maximum atomic E-state index is 13.4. The third-order valence-corrected chi connectivity index (χ3v) is 3.93. The second-order valence-electron chi connectivity index (χ2n) is 6.38. The van der Waals surface area contributed by atoms with E-state index >= 15 is 0 Å². The van der Waals surface area contributed by atoms with Crippen molar-refractivity contribution in [2.75, 3.05) is 11.9 Å². The molecule has 2 aromatic carbocycles. The molecule has 0 aliphatic carbocycles. The van der Waals surface area contributed by atoms with Crippen molar-refractivity contribution in [3.8, 4) is 17.2 Å². The van der Waals surface area contributed by atoms with Crippen LogP contribution in [0.2, 0.25) is 0 Å². The molecule has 1 amide bonds. The highest BCUT2D eigenvalue weighted by Crippen LogP contribution is 2.24. The molecule has 0 unspecified atom stereocenters. The number of benzene rings is 2. The first-order chi connectivity index (χ1) is 13.0. The van der Waals surface area contributed by atoms with Gasteiger partial charge in [0, 0.05) is 17.2 Å². The number of nitrogens with zero attached hydrogens (tertiary/aromatic N) is 1. The number of halogens is 1. The second kappa shape index (κ2) is 8.49. The molecule has 0 spiro atoms. The predicted octanol–water partition coefficient (Wildman–Crippen LogP) is 5.01. The lowest BCUT2D eigenvalue weighted by Gasteiger charge is -2.08. The Labute approximate surface area is 157 Å². The molecule has 3 rings (SSSR count). The number of oxazole rings is 1. The normalized spacial score (nSPS) is 10.8. The van der Waals surface area contributed by atoms with Crippen LogP contribution < -0.4 is 10.1 Å². The van der Waals surface area contributed by atoms with Gasteiger partial charge in [-0.25, -0.2) is 9.37 Å². The Morgan fingerprint density at radius 3 is 2.59 bits per heavy atom. The van der Waals surface area contributed by atoms with Gasteiger partial charge in [-0.15, -0.1) is 0 Å². The topological polar surface area (TPSA) is 64.4 Å². The van der Waals surface area contributed by atoms with Crippen LogP contribution in [0.3, 0.4) is 0 Å². The van der Waals surface area contributed by atoms with Crippen LogP contribution in [0.4, 0.5) is 10.1 Å². The summed E-state index contributed by atoms with van der Waals surface area (Å²) in [4.78, 5) is 16.3. The second-order valence-corrected chi connectivity index (χ2v) is 6.38. The van der Waals surface area contributed by atoms with Crippen molar-refractivity contribution < 1.29 is 18.3 Å². The molecule has 0 atom stereocenters. The molecule has 1 heterocycles. The standard InChI is InChI=1S/C21H21FN2O3/c1-14(2)19-13-23-21(27-19)15-7-9-16(10-8-15)24-20(25)11-12-26-18-6-4-3-5-17(18)22/h3-10,13-14H,11-12H2,1-2H3,(H,24,25). The Morgan fingerprint density at radius 2 is 1.93 bits per heavy atom. The number of para-hydroxylation sites is 1. The Hall–Kier alpha value is -3.15. The molecule has 5 nitrogen and oxygen atoms in total. The molecular weight excluding hydrogens is 347 g/mol. The summed E-state index contributed by atoms with van der Waals surface area (Å²) < 4.78 is 24.4. The van der Waals surface area contributed by atoms with Crippen molar-refractivity contribution in [2.24, 2.45) is 0 Å². The number of anilines is 1. The average Bonchev–Trinajstić information content (AvgIpc) is 3.14. The molecule has 0 bridgehead atoms. The number of hydrogen-bond donors (Lipinski definition) is 1. The number of carbonyl (C=O) groups is 1. The van der Waals surface area contributed by atoms with Crippen molar-refractivity contribution in [3.63, 3.8) is 0 Å². The summed E-state index contributed by atoms with van der Waals surface area (Å²) in [5, 5.41) is 2.78. The van der Waals surface area contributed by atoms with Gasteiger partial charge in [0.15, 0.2) is 11.6 Å². The van der Waals surface area contributed by atoms with E-state index in [1.165, 1.54) is 12.1 Å². The van der Waals surface area contributed by atoms with Crippen LogP contribution >= 0.6 is 0 Å². The molecule has 27 heavy (non-hydrogen) atoms. The van der Waals surface area contributed by atoms with Gasteiger partial charge < -0.3 is 14.5 Å². The van der Waals surface area contributed by atoms with E-state index in [1.807, 2.05) is 26.0 Å². The van der Waals surface area contributed by atoms with Gasteiger partial charge in [-0.1, -0.05) is 26.0 Å². The van der Waals surface area contributed by atoms with Crippen molar-refractivity contribution in [2.45, 2.75) is 26.2 Å². The van der Waals surface area contributed by atoms with Crippen molar-refractivity contribution in [1.29, 1.82) is 0 Å². The molecular formula is C21H21FN2O3. The number of rotatable bonds is 7. The average molecular weight is 368 g/mol. The molecule has 140 valence electrons. The van der Waals surface area contributed by atoms with E-state index in [2.05, 4.69) is 10.3 Å². The third-order valence-electron chi connectivity index (χ3n) is 3.93. The van der Waals surface area contributed by atoms with Crippen molar-refractivity contribution in [1.82, 2.24) is 4.98 Å². The van der Waals surface area contributed by atoms with Gasteiger partial charge in [-0.3, -0.25) is 4.79 Å².